The van der Waals surface area contributed by atoms with Crippen molar-refractivity contribution in [1.82, 2.24) is 10.2 Å². The molecule has 1 spiro atoms. The molecule has 5 rings (SSSR count). The highest BCUT2D eigenvalue weighted by molar-refractivity contribution is 6.31. The van der Waals surface area contributed by atoms with Crippen LogP contribution < -0.4 is 10.6 Å². The summed E-state index contributed by atoms with van der Waals surface area (Å²) in [4.78, 5) is 30.6. The van der Waals surface area contributed by atoms with Crippen molar-refractivity contribution < 1.29 is 14.0 Å². The number of Topliss-reactive ketones (excluding diaryl/α,β-unsaturated/α-hetero) is 1. The summed E-state index contributed by atoms with van der Waals surface area (Å²) in [6.45, 7) is 9.58. The summed E-state index contributed by atoms with van der Waals surface area (Å²) in [5, 5.41) is 7.09. The molecule has 3 aliphatic heterocycles. The number of carbonyl (C=O) groups excluding carboxylic acids is 2. The van der Waals surface area contributed by atoms with Gasteiger partial charge >= 0.3 is 0 Å². The molecule has 8 heteroatoms. The van der Waals surface area contributed by atoms with E-state index in [1.54, 1.807) is 24.3 Å². The molecule has 0 radical (unpaired) electrons. The first-order chi connectivity index (χ1) is 18.5. The lowest BCUT2D eigenvalue weighted by molar-refractivity contribution is -0.122. The molecule has 2 saturated heterocycles. The molecule has 4 atom stereocenters. The van der Waals surface area contributed by atoms with Crippen molar-refractivity contribution in [2.45, 2.75) is 82.7 Å². The van der Waals surface area contributed by atoms with Crippen LogP contribution in [0.3, 0.4) is 0 Å². The van der Waals surface area contributed by atoms with Gasteiger partial charge in [-0.2, -0.15) is 0 Å². The molecule has 1 amide bonds. The van der Waals surface area contributed by atoms with Crippen molar-refractivity contribution in [3.63, 3.8) is 0 Å². The first kappa shape index (κ1) is 28.5. The molecular formula is C31H38Cl2FN3O2. The number of benzene rings is 2. The molecule has 2 fully saturated rings. The third-order valence-electron chi connectivity index (χ3n) is 8.63. The maximum Gasteiger partial charge on any atom is 0.237 e. The lowest BCUT2D eigenvalue weighted by Gasteiger charge is -2.37. The monoisotopic (exact) mass is 573 g/mol. The minimum atomic E-state index is -1.20. The maximum atomic E-state index is 15.8. The van der Waals surface area contributed by atoms with Crippen molar-refractivity contribution in [3.8, 4) is 0 Å². The fraction of sp³-hybridized carbons (Fsp3) is 0.548. The zero-order chi connectivity index (χ0) is 27.9. The number of rotatable bonds is 8. The van der Waals surface area contributed by atoms with Crippen LogP contribution in [0.4, 0.5) is 10.1 Å². The predicted octanol–water partition coefficient (Wildman–Crippen LogP) is 6.72. The zero-order valence-electron chi connectivity index (χ0n) is 23.0. The second-order valence-electron chi connectivity index (χ2n) is 12.6. The van der Waals surface area contributed by atoms with Crippen LogP contribution in [0.1, 0.15) is 76.3 Å². The molecule has 3 aliphatic rings. The van der Waals surface area contributed by atoms with Gasteiger partial charge in [-0.05, 0) is 86.5 Å². The molecule has 0 aliphatic carbocycles. The lowest BCUT2D eigenvalue weighted by atomic mass is 9.62. The summed E-state index contributed by atoms with van der Waals surface area (Å²) in [6, 6.07) is 9.07. The van der Waals surface area contributed by atoms with Gasteiger partial charge in [0.1, 0.15) is 17.0 Å². The fourth-order valence-electron chi connectivity index (χ4n) is 7.00. The quantitative estimate of drug-likeness (QED) is 0.344. The Hall–Kier alpha value is -1.99. The average Bonchev–Trinajstić information content (AvgIpc) is 3.56. The predicted molar refractivity (Wildman–Crippen MR) is 155 cm³/mol. The highest BCUT2D eigenvalue weighted by Gasteiger charge is 2.65. The van der Waals surface area contributed by atoms with E-state index in [4.69, 9.17) is 23.2 Å². The van der Waals surface area contributed by atoms with Crippen molar-refractivity contribution in [3.05, 3.63) is 63.4 Å². The van der Waals surface area contributed by atoms with Crippen LogP contribution in [0.5, 0.6) is 0 Å². The highest BCUT2D eigenvalue weighted by Crippen LogP contribution is 2.57. The third kappa shape index (κ3) is 5.38. The molecule has 3 heterocycles. The largest absolute Gasteiger partial charge is 0.325 e. The van der Waals surface area contributed by atoms with Crippen molar-refractivity contribution in [1.29, 1.82) is 0 Å². The summed E-state index contributed by atoms with van der Waals surface area (Å²) in [7, 11) is 0. The summed E-state index contributed by atoms with van der Waals surface area (Å²) < 4.78 is 15.8. The van der Waals surface area contributed by atoms with E-state index in [9.17, 15) is 9.59 Å². The SMILES string of the molecule is CC(C)(C)C[C@H]1N[C@@H](C(=O)CCCCN2CCCC2)[C@H](c2cccc(Cl)c2F)[C@@]12C(=O)Nc1cc(Cl)ccc12. The Morgan fingerprint density at radius 3 is 2.59 bits per heavy atom. The van der Waals surface area contributed by atoms with Gasteiger partial charge in [-0.1, -0.05) is 62.2 Å². The molecule has 5 nitrogen and oxygen atoms in total. The molecule has 39 heavy (non-hydrogen) atoms. The number of nitrogens with zero attached hydrogens (tertiary/aromatic N) is 1. The number of likely N-dealkylation sites (tertiary alicyclic amines) is 1. The molecule has 0 aromatic heterocycles. The number of amides is 1. The summed E-state index contributed by atoms with van der Waals surface area (Å²) in [5.41, 5.74) is 0.284. The van der Waals surface area contributed by atoms with Crippen LogP contribution in [0.25, 0.3) is 0 Å². The Morgan fingerprint density at radius 2 is 1.87 bits per heavy atom. The van der Waals surface area contributed by atoms with E-state index in [0.717, 1.165) is 38.0 Å². The summed E-state index contributed by atoms with van der Waals surface area (Å²) >= 11 is 12.6. The fourth-order valence-corrected chi connectivity index (χ4v) is 7.35. The van der Waals surface area contributed by atoms with Crippen LogP contribution >= 0.6 is 23.2 Å². The molecule has 0 saturated carbocycles. The number of hydrogen-bond acceptors (Lipinski definition) is 4. The van der Waals surface area contributed by atoms with Crippen molar-refractivity contribution in [2.24, 2.45) is 5.41 Å². The smallest absolute Gasteiger partial charge is 0.237 e. The molecule has 210 valence electrons. The van der Waals surface area contributed by atoms with Gasteiger partial charge in [-0.3, -0.25) is 9.59 Å². The normalized spacial score (nSPS) is 26.8. The Kier molecular flexibility index (Phi) is 8.13. The molecule has 2 N–H and O–H groups in total. The van der Waals surface area contributed by atoms with Crippen LogP contribution in [-0.4, -0.2) is 48.3 Å². The third-order valence-corrected chi connectivity index (χ3v) is 9.16. The van der Waals surface area contributed by atoms with Crippen molar-refractivity contribution >= 4 is 40.6 Å². The average molecular weight is 575 g/mol. The lowest BCUT2D eigenvalue weighted by Crippen LogP contribution is -2.49. The number of anilines is 1. The van der Waals surface area contributed by atoms with Gasteiger partial charge in [0.15, 0.2) is 0 Å². The second-order valence-corrected chi connectivity index (χ2v) is 13.4. The van der Waals surface area contributed by atoms with Crippen molar-refractivity contribution in [2.75, 3.05) is 25.0 Å². The van der Waals surface area contributed by atoms with Gasteiger partial charge in [0.2, 0.25) is 5.91 Å². The standard InChI is InChI=1S/C31H38Cl2FN3O2/c1-30(2,3)18-25-31(21-13-12-19(32)17-23(21)35-29(31)39)26(20-9-8-10-22(33)27(20)34)28(36-25)24(38)11-4-5-14-37-15-6-7-16-37/h8-10,12-13,17,25-26,28,36H,4-7,11,14-16,18H2,1-3H3,(H,35,39)/t25-,26+,28+,31+/m1/s1. The van der Waals surface area contributed by atoms with Gasteiger partial charge in [0, 0.05) is 29.1 Å². The first-order valence-corrected chi connectivity index (χ1v) is 14.8. The highest BCUT2D eigenvalue weighted by atomic mass is 35.5. The van der Waals surface area contributed by atoms with E-state index in [2.05, 4.69) is 36.3 Å². The Labute approximate surface area is 240 Å². The first-order valence-electron chi connectivity index (χ1n) is 14.1. The number of nitrogens with one attached hydrogen (secondary N) is 2. The number of ketones is 1. The molecule has 2 aromatic carbocycles. The van der Waals surface area contributed by atoms with Gasteiger partial charge in [-0.15, -0.1) is 0 Å². The Morgan fingerprint density at radius 1 is 1.13 bits per heavy atom. The Balaban J connectivity index is 1.57. The molecule has 0 bridgehead atoms. The van der Waals surface area contributed by atoms with Crippen LogP contribution in [-0.2, 0) is 15.0 Å². The minimum absolute atomic E-state index is 0.00629. The van der Waals surface area contributed by atoms with E-state index >= 15 is 4.39 Å². The number of hydrogen-bond donors (Lipinski definition) is 2. The van der Waals surface area contributed by atoms with Gasteiger partial charge in [0.05, 0.1) is 11.1 Å². The molecule has 0 unspecified atom stereocenters. The molecule has 2 aromatic rings. The zero-order valence-corrected chi connectivity index (χ0v) is 24.5. The van der Waals surface area contributed by atoms with Gasteiger partial charge in [0.25, 0.3) is 0 Å². The van der Waals surface area contributed by atoms with E-state index < -0.39 is 29.2 Å². The number of unbranched alkanes of at least 4 members (excludes halogenated alkanes) is 1. The second kappa shape index (κ2) is 11.1. The number of fused-ring (bicyclic) bond motifs is 2. The van der Waals surface area contributed by atoms with Gasteiger partial charge in [-0.25, -0.2) is 4.39 Å². The van der Waals surface area contributed by atoms with Crippen LogP contribution in [0, 0.1) is 11.2 Å². The van der Waals surface area contributed by atoms with E-state index in [0.29, 0.717) is 29.1 Å². The summed E-state index contributed by atoms with van der Waals surface area (Å²) in [5.74, 6) is -1.58. The van der Waals surface area contributed by atoms with E-state index in [1.165, 1.54) is 18.9 Å². The number of carbonyl (C=O) groups is 2. The maximum absolute atomic E-state index is 15.8. The summed E-state index contributed by atoms with van der Waals surface area (Å²) in [6.07, 6.45) is 5.16. The molecular weight excluding hydrogens is 536 g/mol. The Bertz CT molecular complexity index is 1260. The minimum Gasteiger partial charge on any atom is -0.325 e. The van der Waals surface area contributed by atoms with Crippen LogP contribution in [0.2, 0.25) is 10.0 Å². The van der Waals surface area contributed by atoms with Gasteiger partial charge < -0.3 is 15.5 Å². The van der Waals surface area contributed by atoms with E-state index in [1.807, 2.05) is 6.07 Å². The number of halogens is 3. The topological polar surface area (TPSA) is 61.4 Å². The van der Waals surface area contributed by atoms with E-state index in [-0.39, 0.29) is 22.1 Å². The van der Waals surface area contributed by atoms with Crippen LogP contribution in [0.15, 0.2) is 36.4 Å².